The van der Waals surface area contributed by atoms with Crippen molar-refractivity contribution in [3.8, 4) is 0 Å². The highest BCUT2D eigenvalue weighted by Gasteiger charge is 2.21. The summed E-state index contributed by atoms with van der Waals surface area (Å²) in [6.07, 6.45) is -1.12. The molecular formula is C19H19ClN2O5. The highest BCUT2D eigenvalue weighted by Crippen LogP contribution is 2.22. The topological polar surface area (TPSA) is 113 Å². The van der Waals surface area contributed by atoms with Gasteiger partial charge in [0.25, 0.3) is 5.69 Å². The summed E-state index contributed by atoms with van der Waals surface area (Å²) < 4.78 is 0. The lowest BCUT2D eigenvalue weighted by Gasteiger charge is -2.18. The average Bonchev–Trinajstić information content (AvgIpc) is 2.66. The van der Waals surface area contributed by atoms with Gasteiger partial charge < -0.3 is 10.2 Å². The first-order valence-corrected chi connectivity index (χ1v) is 8.55. The molecule has 2 aromatic rings. The molecule has 0 aromatic heterocycles. The van der Waals surface area contributed by atoms with Crippen LogP contribution in [0.5, 0.6) is 0 Å². The first-order valence-electron chi connectivity index (χ1n) is 8.17. The van der Waals surface area contributed by atoms with Gasteiger partial charge in [-0.15, -0.1) is 0 Å². The Labute approximate surface area is 161 Å². The second-order valence-electron chi connectivity index (χ2n) is 6.01. The van der Waals surface area contributed by atoms with Crippen LogP contribution in [0.4, 0.5) is 5.69 Å². The molecule has 0 fully saturated rings. The van der Waals surface area contributed by atoms with E-state index in [2.05, 4.69) is 4.99 Å². The molecule has 0 aliphatic heterocycles. The normalized spacial score (nSPS) is 13.9. The Hall–Kier alpha value is -2.61. The maximum Gasteiger partial charge on any atom is 0.269 e. The molecule has 2 N–H and O–H groups in total. The lowest BCUT2D eigenvalue weighted by Crippen LogP contribution is -2.22. The van der Waals surface area contributed by atoms with Crippen molar-refractivity contribution in [2.45, 2.75) is 25.5 Å². The molecule has 2 aromatic carbocycles. The van der Waals surface area contributed by atoms with E-state index in [1.165, 1.54) is 24.3 Å². The predicted molar refractivity (Wildman–Crippen MR) is 102 cm³/mol. The number of carbonyl (C=O) groups excluding carboxylic acids is 1. The number of nitro groups is 1. The van der Waals surface area contributed by atoms with Crippen molar-refractivity contribution in [1.29, 1.82) is 0 Å². The third-order valence-electron chi connectivity index (χ3n) is 3.97. The van der Waals surface area contributed by atoms with Gasteiger partial charge in [-0.25, -0.2) is 0 Å². The summed E-state index contributed by atoms with van der Waals surface area (Å²) in [5, 5.41) is 31.2. The molecule has 0 aliphatic carbocycles. The predicted octanol–water partition coefficient (Wildman–Crippen LogP) is 3.38. The molecule has 0 bridgehead atoms. The van der Waals surface area contributed by atoms with Gasteiger partial charge in [-0.1, -0.05) is 11.6 Å². The zero-order chi connectivity index (χ0) is 20.0. The fourth-order valence-electron chi connectivity index (χ4n) is 2.53. The first-order chi connectivity index (χ1) is 12.8. The van der Waals surface area contributed by atoms with E-state index in [1.807, 2.05) is 0 Å². The van der Waals surface area contributed by atoms with Crippen molar-refractivity contribution in [3.05, 3.63) is 74.8 Å². The largest absolute Gasteiger partial charge is 0.394 e. The monoisotopic (exact) mass is 390 g/mol. The maximum absolute atomic E-state index is 12.3. The number of nitrogens with zero attached hydrogens (tertiary/aromatic N) is 2. The first kappa shape index (κ1) is 20.7. The van der Waals surface area contributed by atoms with Crippen molar-refractivity contribution >= 4 is 28.8 Å². The fourth-order valence-corrected chi connectivity index (χ4v) is 2.65. The number of ketones is 1. The van der Waals surface area contributed by atoms with E-state index < -0.39 is 23.7 Å². The minimum atomic E-state index is -1.16. The lowest BCUT2D eigenvalue weighted by molar-refractivity contribution is -0.384. The smallest absolute Gasteiger partial charge is 0.269 e. The molecule has 0 radical (unpaired) electrons. The molecule has 0 unspecified atom stereocenters. The van der Waals surface area contributed by atoms with Crippen LogP contribution in [-0.2, 0) is 0 Å². The van der Waals surface area contributed by atoms with Gasteiger partial charge >= 0.3 is 0 Å². The molecule has 0 heterocycles. The van der Waals surface area contributed by atoms with E-state index >= 15 is 0 Å². The summed E-state index contributed by atoms with van der Waals surface area (Å²) in [5.74, 6) is -0.158. The highest BCUT2D eigenvalue weighted by atomic mass is 35.5. The Morgan fingerprint density at radius 2 is 1.78 bits per heavy atom. The van der Waals surface area contributed by atoms with Crippen LogP contribution >= 0.6 is 11.6 Å². The Morgan fingerprint density at radius 1 is 1.19 bits per heavy atom. The number of nitro benzene ring substituents is 1. The van der Waals surface area contributed by atoms with Crippen LogP contribution < -0.4 is 0 Å². The fraction of sp³-hybridized carbons (Fsp3) is 0.263. The maximum atomic E-state index is 12.3. The van der Waals surface area contributed by atoms with Crippen molar-refractivity contribution in [2.75, 3.05) is 6.61 Å². The van der Waals surface area contributed by atoms with Gasteiger partial charge in [-0.2, -0.15) is 0 Å². The van der Waals surface area contributed by atoms with Gasteiger partial charge in [0, 0.05) is 34.9 Å². The summed E-state index contributed by atoms with van der Waals surface area (Å²) in [5.41, 5.74) is 1.24. The van der Waals surface area contributed by atoms with E-state index in [1.54, 1.807) is 31.2 Å². The molecule has 0 saturated carbocycles. The molecule has 142 valence electrons. The number of non-ortho nitro benzene ring substituents is 1. The molecule has 7 nitrogen and oxygen atoms in total. The van der Waals surface area contributed by atoms with Crippen LogP contribution in [0.15, 0.2) is 53.5 Å². The minimum absolute atomic E-state index is 0.0329. The van der Waals surface area contributed by atoms with E-state index in [9.17, 15) is 25.1 Å². The quantitative estimate of drug-likeness (QED) is 0.310. The summed E-state index contributed by atoms with van der Waals surface area (Å²) >= 11 is 5.80. The minimum Gasteiger partial charge on any atom is -0.394 e. The molecule has 2 atom stereocenters. The van der Waals surface area contributed by atoms with Crippen molar-refractivity contribution in [1.82, 2.24) is 0 Å². The number of Topliss-reactive ketones (excluding diaryl/α,β-unsaturated/α-hetero) is 1. The van der Waals surface area contributed by atoms with Gasteiger partial charge in [-0.05, 0) is 48.9 Å². The van der Waals surface area contributed by atoms with Crippen molar-refractivity contribution < 1.29 is 19.9 Å². The number of rotatable bonds is 8. The molecule has 8 heteroatoms. The Balaban J connectivity index is 2.09. The summed E-state index contributed by atoms with van der Waals surface area (Å²) in [6, 6.07) is 11.0. The summed E-state index contributed by atoms with van der Waals surface area (Å²) in [7, 11) is 0. The number of hydrogen-bond acceptors (Lipinski definition) is 6. The van der Waals surface area contributed by atoms with Crippen LogP contribution in [-0.4, -0.2) is 39.3 Å². The summed E-state index contributed by atoms with van der Waals surface area (Å²) in [6.45, 7) is 1.20. The third kappa shape index (κ3) is 5.68. The average molecular weight is 391 g/mol. The van der Waals surface area contributed by atoms with Crippen LogP contribution in [0.3, 0.4) is 0 Å². The number of benzene rings is 2. The van der Waals surface area contributed by atoms with E-state index in [0.717, 1.165) is 0 Å². The van der Waals surface area contributed by atoms with E-state index in [0.29, 0.717) is 21.9 Å². The molecule has 0 amide bonds. The molecule has 0 spiro atoms. The molecule has 0 saturated heterocycles. The zero-order valence-electron chi connectivity index (χ0n) is 14.6. The van der Waals surface area contributed by atoms with Gasteiger partial charge in [0.1, 0.15) is 12.1 Å². The Bertz CT molecular complexity index is 834. The van der Waals surface area contributed by atoms with Crippen LogP contribution in [0.2, 0.25) is 5.02 Å². The highest BCUT2D eigenvalue weighted by molar-refractivity contribution is 6.30. The van der Waals surface area contributed by atoms with Crippen LogP contribution in [0.25, 0.3) is 0 Å². The SMILES string of the molecule is CC(CC(=O)c1ccc(Cl)cc1)=N[C@@H](CO)[C@@H](O)c1ccc([N+](=O)[O-])cc1. The van der Waals surface area contributed by atoms with Gasteiger partial charge in [-0.3, -0.25) is 19.9 Å². The number of hydrogen-bond donors (Lipinski definition) is 2. The van der Waals surface area contributed by atoms with E-state index in [-0.39, 0.29) is 17.9 Å². The van der Waals surface area contributed by atoms with Gasteiger partial charge in [0.05, 0.1) is 11.5 Å². The van der Waals surface area contributed by atoms with E-state index in [4.69, 9.17) is 11.6 Å². The summed E-state index contributed by atoms with van der Waals surface area (Å²) in [4.78, 5) is 26.7. The van der Waals surface area contributed by atoms with Gasteiger partial charge in [0.15, 0.2) is 5.78 Å². The number of aliphatic hydroxyl groups excluding tert-OH is 2. The number of carbonyl (C=O) groups is 1. The van der Waals surface area contributed by atoms with Crippen LogP contribution in [0, 0.1) is 10.1 Å². The lowest BCUT2D eigenvalue weighted by atomic mass is 10.0. The van der Waals surface area contributed by atoms with Crippen molar-refractivity contribution in [3.63, 3.8) is 0 Å². The standard InChI is InChI=1S/C19H19ClN2O5/c1-12(10-18(24)13-2-6-15(20)7-3-13)21-17(11-23)19(25)14-4-8-16(9-5-14)22(26)27/h2-9,17,19,23,25H,10-11H2,1H3/t17-,19-/m0/s1. The second-order valence-corrected chi connectivity index (χ2v) is 6.45. The van der Waals surface area contributed by atoms with Crippen LogP contribution in [0.1, 0.15) is 35.4 Å². The molecule has 0 aliphatic rings. The van der Waals surface area contributed by atoms with Crippen molar-refractivity contribution in [2.24, 2.45) is 4.99 Å². The Kier molecular flexibility index (Phi) is 7.18. The van der Waals surface area contributed by atoms with Gasteiger partial charge in [0.2, 0.25) is 0 Å². The molecule has 27 heavy (non-hydrogen) atoms. The zero-order valence-corrected chi connectivity index (χ0v) is 15.3. The molecule has 2 rings (SSSR count). The number of aliphatic imine (C=N–C) groups is 1. The second kappa shape index (κ2) is 9.36. The number of halogens is 1. The Morgan fingerprint density at radius 3 is 2.30 bits per heavy atom. The molecular weight excluding hydrogens is 372 g/mol. The third-order valence-corrected chi connectivity index (χ3v) is 4.22. The number of aliphatic hydroxyl groups is 2.